The maximum absolute atomic E-state index is 14.5. The Bertz CT molecular complexity index is 525. The highest BCUT2D eigenvalue weighted by molar-refractivity contribution is 5.85. The van der Waals surface area contributed by atoms with Gasteiger partial charge in [-0.1, -0.05) is 18.6 Å². The Kier molecular flexibility index (Phi) is 5.92. The van der Waals surface area contributed by atoms with Gasteiger partial charge in [0.05, 0.1) is 5.56 Å². The molecule has 1 atom stereocenters. The number of alkyl halides is 3. The molecule has 0 radical (unpaired) electrons. The lowest BCUT2D eigenvalue weighted by molar-refractivity contribution is -0.140. The molecule has 0 unspecified atom stereocenters. The largest absolute Gasteiger partial charge is 0.419 e. The van der Waals surface area contributed by atoms with Crippen molar-refractivity contribution in [3.63, 3.8) is 0 Å². The Morgan fingerprint density at radius 1 is 1.13 bits per heavy atom. The third kappa shape index (κ3) is 3.80. The summed E-state index contributed by atoms with van der Waals surface area (Å²) in [7, 11) is 0. The van der Waals surface area contributed by atoms with Crippen LogP contribution in [0.1, 0.15) is 36.4 Å². The molecule has 1 saturated heterocycles. The van der Waals surface area contributed by atoms with Gasteiger partial charge in [-0.3, -0.25) is 4.90 Å². The first-order valence-corrected chi connectivity index (χ1v) is 7.79. The van der Waals surface area contributed by atoms with Crippen LogP contribution < -0.4 is 5.32 Å². The van der Waals surface area contributed by atoms with E-state index in [0.717, 1.165) is 51.5 Å². The van der Waals surface area contributed by atoms with Gasteiger partial charge in [-0.25, -0.2) is 4.39 Å². The van der Waals surface area contributed by atoms with Crippen molar-refractivity contribution in [2.75, 3.05) is 26.2 Å². The van der Waals surface area contributed by atoms with E-state index < -0.39 is 17.6 Å². The molecule has 1 heterocycles. The summed E-state index contributed by atoms with van der Waals surface area (Å²) in [6.45, 7) is 3.08. The van der Waals surface area contributed by atoms with Crippen LogP contribution in [0, 0.1) is 11.7 Å². The van der Waals surface area contributed by atoms with Gasteiger partial charge in [0.25, 0.3) is 0 Å². The molecule has 1 aliphatic heterocycles. The molecule has 0 amide bonds. The lowest BCUT2D eigenvalue weighted by Gasteiger charge is -2.43. The highest BCUT2D eigenvalue weighted by Gasteiger charge is 2.39. The maximum Gasteiger partial charge on any atom is 0.419 e. The third-order valence-corrected chi connectivity index (χ3v) is 4.79. The molecule has 3 rings (SSSR count). The summed E-state index contributed by atoms with van der Waals surface area (Å²) < 4.78 is 53.4. The van der Waals surface area contributed by atoms with Gasteiger partial charge in [-0.2, -0.15) is 13.2 Å². The number of nitrogens with zero attached hydrogens (tertiary/aromatic N) is 1. The first-order chi connectivity index (χ1) is 10.5. The first kappa shape index (κ1) is 18.5. The average molecular weight is 353 g/mol. The standard InChI is InChI=1S/C16H20F4N2.ClH/c17-14-12(5-2-6-13(14)16(18,19)20)15(11-3-1-4-11)22-9-7-21-8-10-22;/h2,5-6,11,15,21H,1,3-4,7-10H2;1H/t15-;/m0./s1. The van der Waals surface area contributed by atoms with Crippen molar-refractivity contribution in [1.82, 2.24) is 10.2 Å². The van der Waals surface area contributed by atoms with Crippen LogP contribution in [0.3, 0.4) is 0 Å². The van der Waals surface area contributed by atoms with Gasteiger partial charge >= 0.3 is 6.18 Å². The minimum absolute atomic E-state index is 0. The van der Waals surface area contributed by atoms with Gasteiger partial charge in [0.15, 0.2) is 0 Å². The minimum atomic E-state index is -4.65. The molecule has 0 aromatic heterocycles. The van der Waals surface area contributed by atoms with E-state index in [4.69, 9.17) is 0 Å². The Morgan fingerprint density at radius 3 is 2.30 bits per heavy atom. The molecule has 1 saturated carbocycles. The second-order valence-corrected chi connectivity index (χ2v) is 6.13. The van der Waals surface area contributed by atoms with Crippen LogP contribution >= 0.6 is 12.4 Å². The van der Waals surface area contributed by atoms with Crippen molar-refractivity contribution in [3.05, 3.63) is 35.1 Å². The van der Waals surface area contributed by atoms with Gasteiger partial charge < -0.3 is 5.32 Å². The summed E-state index contributed by atoms with van der Waals surface area (Å²) in [5.74, 6) is -0.832. The summed E-state index contributed by atoms with van der Waals surface area (Å²) in [6.07, 6.45) is -1.64. The van der Waals surface area contributed by atoms with E-state index in [1.54, 1.807) is 0 Å². The predicted molar refractivity (Wildman–Crippen MR) is 83.2 cm³/mol. The molecule has 7 heteroatoms. The Labute approximate surface area is 139 Å². The molecular formula is C16H21ClF4N2. The molecule has 0 spiro atoms. The minimum Gasteiger partial charge on any atom is -0.314 e. The van der Waals surface area contributed by atoms with E-state index in [2.05, 4.69) is 10.2 Å². The second-order valence-electron chi connectivity index (χ2n) is 6.13. The number of rotatable bonds is 3. The quantitative estimate of drug-likeness (QED) is 0.827. The van der Waals surface area contributed by atoms with E-state index in [1.807, 2.05) is 0 Å². The van der Waals surface area contributed by atoms with E-state index in [1.165, 1.54) is 12.1 Å². The molecule has 1 aromatic rings. The van der Waals surface area contributed by atoms with Crippen molar-refractivity contribution in [2.24, 2.45) is 5.92 Å². The fourth-order valence-electron chi connectivity index (χ4n) is 3.46. The van der Waals surface area contributed by atoms with Crippen molar-refractivity contribution >= 4 is 12.4 Å². The summed E-state index contributed by atoms with van der Waals surface area (Å²) in [5.41, 5.74) is -0.939. The number of halogens is 5. The molecule has 23 heavy (non-hydrogen) atoms. The number of hydrogen-bond donors (Lipinski definition) is 1. The van der Waals surface area contributed by atoms with Crippen LogP contribution in [0.25, 0.3) is 0 Å². The topological polar surface area (TPSA) is 15.3 Å². The van der Waals surface area contributed by atoms with Crippen LogP contribution in [0.5, 0.6) is 0 Å². The van der Waals surface area contributed by atoms with Crippen LogP contribution in [0.2, 0.25) is 0 Å². The zero-order chi connectivity index (χ0) is 15.7. The van der Waals surface area contributed by atoms with Crippen LogP contribution in [0.4, 0.5) is 17.6 Å². The SMILES string of the molecule is Cl.Fc1c([C@H](C2CCC2)N2CCNCC2)cccc1C(F)(F)F. The molecule has 1 N–H and O–H groups in total. The van der Waals surface area contributed by atoms with Gasteiger partial charge in [0.2, 0.25) is 0 Å². The van der Waals surface area contributed by atoms with E-state index in [0.29, 0.717) is 0 Å². The van der Waals surface area contributed by atoms with Crippen LogP contribution in [-0.2, 0) is 6.18 Å². The molecule has 1 aromatic carbocycles. The van der Waals surface area contributed by atoms with E-state index >= 15 is 0 Å². The fraction of sp³-hybridized carbons (Fsp3) is 0.625. The van der Waals surface area contributed by atoms with Gasteiger partial charge in [-0.05, 0) is 24.8 Å². The highest BCUT2D eigenvalue weighted by atomic mass is 35.5. The van der Waals surface area contributed by atoms with Crippen molar-refractivity contribution in [2.45, 2.75) is 31.5 Å². The highest BCUT2D eigenvalue weighted by Crippen LogP contribution is 2.44. The summed E-state index contributed by atoms with van der Waals surface area (Å²) in [6, 6.07) is 3.44. The van der Waals surface area contributed by atoms with Gasteiger partial charge in [0, 0.05) is 37.8 Å². The second kappa shape index (κ2) is 7.36. The molecule has 1 aliphatic carbocycles. The fourth-order valence-corrected chi connectivity index (χ4v) is 3.46. The Balaban J connectivity index is 0.00000192. The van der Waals surface area contributed by atoms with Crippen LogP contribution in [-0.4, -0.2) is 31.1 Å². The summed E-state index contributed by atoms with van der Waals surface area (Å²) >= 11 is 0. The van der Waals surface area contributed by atoms with Gasteiger partial charge in [0.1, 0.15) is 5.82 Å². The van der Waals surface area contributed by atoms with Crippen molar-refractivity contribution in [3.8, 4) is 0 Å². The van der Waals surface area contributed by atoms with Gasteiger partial charge in [-0.15, -0.1) is 12.4 Å². The predicted octanol–water partition coefficient (Wildman–Crippen LogP) is 4.01. The number of hydrogen-bond acceptors (Lipinski definition) is 2. The normalized spacial score (nSPS) is 21.4. The molecular weight excluding hydrogens is 332 g/mol. The Hall–Kier alpha value is -0.850. The zero-order valence-electron chi connectivity index (χ0n) is 12.7. The first-order valence-electron chi connectivity index (χ1n) is 7.79. The smallest absolute Gasteiger partial charge is 0.314 e. The number of nitrogens with one attached hydrogen (secondary N) is 1. The summed E-state index contributed by atoms with van der Waals surface area (Å²) in [4.78, 5) is 2.14. The monoisotopic (exact) mass is 352 g/mol. The molecule has 2 nitrogen and oxygen atoms in total. The molecule has 0 bridgehead atoms. The average Bonchev–Trinajstić information content (AvgIpc) is 2.43. The van der Waals surface area contributed by atoms with E-state index in [9.17, 15) is 17.6 Å². The van der Waals surface area contributed by atoms with Crippen LogP contribution in [0.15, 0.2) is 18.2 Å². The lowest BCUT2D eigenvalue weighted by Crippen LogP contribution is -2.48. The molecule has 130 valence electrons. The molecule has 2 aliphatic rings. The van der Waals surface area contributed by atoms with Crippen molar-refractivity contribution < 1.29 is 17.6 Å². The summed E-state index contributed by atoms with van der Waals surface area (Å²) in [5, 5.41) is 3.23. The van der Waals surface area contributed by atoms with E-state index in [-0.39, 0.29) is 29.9 Å². The lowest BCUT2D eigenvalue weighted by atomic mass is 9.76. The number of benzene rings is 1. The molecule has 2 fully saturated rings. The zero-order valence-corrected chi connectivity index (χ0v) is 13.5. The number of piperazine rings is 1. The maximum atomic E-state index is 14.5. The van der Waals surface area contributed by atoms with Crippen molar-refractivity contribution in [1.29, 1.82) is 0 Å². The Morgan fingerprint density at radius 2 is 1.78 bits per heavy atom. The third-order valence-electron chi connectivity index (χ3n) is 4.79.